The van der Waals surface area contributed by atoms with E-state index in [9.17, 15) is 19.8 Å². The number of carbonyl (C=O) groups is 2. The van der Waals surface area contributed by atoms with Gasteiger partial charge >= 0.3 is 0 Å². The lowest BCUT2D eigenvalue weighted by Gasteiger charge is -2.34. The Bertz CT molecular complexity index is 564. The van der Waals surface area contributed by atoms with Gasteiger partial charge in [-0.25, -0.2) is 0 Å². The van der Waals surface area contributed by atoms with Crippen molar-refractivity contribution in [2.45, 2.75) is 77.9 Å². The summed E-state index contributed by atoms with van der Waals surface area (Å²) >= 11 is 0. The van der Waals surface area contributed by atoms with Crippen molar-refractivity contribution >= 4 is 11.6 Å². The average Bonchev–Trinajstić information content (AvgIpc) is 2.91. The van der Waals surface area contributed by atoms with Gasteiger partial charge in [0, 0.05) is 11.8 Å². The van der Waals surface area contributed by atoms with E-state index in [1.54, 1.807) is 13.8 Å². The largest absolute Gasteiger partial charge is 0.390 e. The van der Waals surface area contributed by atoms with E-state index in [2.05, 4.69) is 13.8 Å². The highest BCUT2D eigenvalue weighted by atomic mass is 16.3. The second kappa shape index (κ2) is 5.38. The molecule has 3 fully saturated rings. The van der Waals surface area contributed by atoms with Crippen molar-refractivity contribution in [3.8, 4) is 0 Å². The Hall–Kier alpha value is -0.740. The van der Waals surface area contributed by atoms with Gasteiger partial charge < -0.3 is 10.2 Å². The monoisotopic (exact) mass is 336 g/mol. The predicted octanol–water partition coefficient (Wildman–Crippen LogP) is 2.75. The molecule has 7 atom stereocenters. The van der Waals surface area contributed by atoms with E-state index in [1.165, 1.54) is 0 Å². The third-order valence-electron chi connectivity index (χ3n) is 7.43. The van der Waals surface area contributed by atoms with Crippen LogP contribution in [0.15, 0.2) is 0 Å². The molecule has 2 N–H and O–H groups in total. The quantitative estimate of drug-likeness (QED) is 0.713. The zero-order chi connectivity index (χ0) is 18.1. The van der Waals surface area contributed by atoms with Crippen LogP contribution < -0.4 is 0 Å². The summed E-state index contributed by atoms with van der Waals surface area (Å²) in [7, 11) is 0. The maximum Gasteiger partial charge on any atom is 0.167 e. The van der Waals surface area contributed by atoms with Gasteiger partial charge in [-0.2, -0.15) is 0 Å². The number of Topliss-reactive ketones (excluding diaryl/α,β-unsaturated/α-hetero) is 2. The van der Waals surface area contributed by atoms with Crippen molar-refractivity contribution in [1.82, 2.24) is 0 Å². The molecule has 4 nitrogen and oxygen atoms in total. The fraction of sp³-hybridized carbons (Fsp3) is 0.900. The second-order valence-corrected chi connectivity index (χ2v) is 9.76. The number of aliphatic hydroxyl groups is 2. The number of hydrogen-bond acceptors (Lipinski definition) is 4. The van der Waals surface area contributed by atoms with Crippen LogP contribution in [0.1, 0.15) is 66.7 Å². The molecule has 3 saturated carbocycles. The molecule has 4 heteroatoms. The van der Waals surface area contributed by atoms with Crippen LogP contribution in [0.3, 0.4) is 0 Å². The predicted molar refractivity (Wildman–Crippen MR) is 91.3 cm³/mol. The van der Waals surface area contributed by atoms with Gasteiger partial charge in [0.2, 0.25) is 0 Å². The lowest BCUT2D eigenvalue weighted by Crippen LogP contribution is -2.49. The molecule has 3 aliphatic rings. The minimum Gasteiger partial charge on any atom is -0.390 e. The molecule has 3 rings (SSSR count). The molecule has 0 aromatic heterocycles. The molecule has 136 valence electrons. The SMILES string of the molecule is CC1C[C@]2(O)C(=O)[C@H](C)C[C@@H]3[C@H](CC[C@](C)(O)CC2C1=O)C3(C)C. The van der Waals surface area contributed by atoms with Crippen LogP contribution in [0.2, 0.25) is 0 Å². The zero-order valence-electron chi connectivity index (χ0n) is 15.6. The van der Waals surface area contributed by atoms with Crippen molar-refractivity contribution in [1.29, 1.82) is 0 Å². The van der Waals surface area contributed by atoms with Gasteiger partial charge in [0.05, 0.1) is 11.5 Å². The first kappa shape index (κ1) is 18.1. The maximum absolute atomic E-state index is 13.1. The molecular weight excluding hydrogens is 304 g/mol. The van der Waals surface area contributed by atoms with E-state index in [0.29, 0.717) is 18.3 Å². The van der Waals surface area contributed by atoms with Crippen LogP contribution >= 0.6 is 0 Å². The first-order chi connectivity index (χ1) is 10.9. The van der Waals surface area contributed by atoms with Gasteiger partial charge in [0.15, 0.2) is 5.78 Å². The van der Waals surface area contributed by atoms with Crippen LogP contribution in [0.4, 0.5) is 0 Å². The average molecular weight is 336 g/mol. The molecule has 3 aliphatic carbocycles. The Kier molecular flexibility index (Phi) is 4.05. The van der Waals surface area contributed by atoms with Gasteiger partial charge in [0.1, 0.15) is 11.4 Å². The Balaban J connectivity index is 1.96. The molecular formula is C20H32O4. The summed E-state index contributed by atoms with van der Waals surface area (Å²) in [5.41, 5.74) is -2.42. The molecule has 0 amide bonds. The molecule has 0 spiro atoms. The smallest absolute Gasteiger partial charge is 0.167 e. The Morgan fingerprint density at radius 3 is 2.21 bits per heavy atom. The minimum atomic E-state index is -1.60. The molecule has 24 heavy (non-hydrogen) atoms. The van der Waals surface area contributed by atoms with Gasteiger partial charge in [-0.15, -0.1) is 0 Å². The van der Waals surface area contributed by atoms with Crippen LogP contribution in [0.25, 0.3) is 0 Å². The summed E-state index contributed by atoms with van der Waals surface area (Å²) in [6, 6.07) is 0. The maximum atomic E-state index is 13.1. The molecule has 0 radical (unpaired) electrons. The Morgan fingerprint density at radius 2 is 1.58 bits per heavy atom. The highest BCUT2D eigenvalue weighted by Gasteiger charge is 2.61. The first-order valence-electron chi connectivity index (χ1n) is 9.43. The lowest BCUT2D eigenvalue weighted by atomic mass is 9.74. The number of ketones is 2. The van der Waals surface area contributed by atoms with Crippen molar-refractivity contribution in [2.75, 3.05) is 0 Å². The fourth-order valence-electron chi connectivity index (χ4n) is 5.65. The zero-order valence-corrected chi connectivity index (χ0v) is 15.6. The molecule has 0 heterocycles. The van der Waals surface area contributed by atoms with Crippen LogP contribution in [-0.2, 0) is 9.59 Å². The van der Waals surface area contributed by atoms with E-state index >= 15 is 0 Å². The lowest BCUT2D eigenvalue weighted by molar-refractivity contribution is -0.151. The van der Waals surface area contributed by atoms with E-state index in [1.807, 2.05) is 6.92 Å². The number of hydrogen-bond donors (Lipinski definition) is 2. The summed E-state index contributed by atoms with van der Waals surface area (Å²) in [5.74, 6) is -0.608. The molecule has 0 aromatic rings. The van der Waals surface area contributed by atoms with E-state index in [0.717, 1.165) is 12.8 Å². The van der Waals surface area contributed by atoms with Crippen LogP contribution in [0, 0.1) is 35.0 Å². The minimum absolute atomic E-state index is 0.0666. The van der Waals surface area contributed by atoms with Gasteiger partial charge in [0.25, 0.3) is 0 Å². The van der Waals surface area contributed by atoms with E-state index in [-0.39, 0.29) is 41.7 Å². The summed E-state index contributed by atoms with van der Waals surface area (Å²) in [6.45, 7) is 9.90. The first-order valence-corrected chi connectivity index (χ1v) is 9.43. The third kappa shape index (κ3) is 2.66. The Labute approximate surface area is 145 Å². The van der Waals surface area contributed by atoms with Gasteiger partial charge in [-0.05, 0) is 56.3 Å². The topological polar surface area (TPSA) is 74.6 Å². The summed E-state index contributed by atoms with van der Waals surface area (Å²) in [4.78, 5) is 25.7. The normalized spacial score (nSPS) is 51.5. The van der Waals surface area contributed by atoms with Crippen molar-refractivity contribution in [2.24, 2.45) is 35.0 Å². The van der Waals surface area contributed by atoms with Gasteiger partial charge in [-0.3, -0.25) is 9.59 Å². The molecule has 2 unspecified atom stereocenters. The van der Waals surface area contributed by atoms with E-state index < -0.39 is 17.1 Å². The van der Waals surface area contributed by atoms with Crippen molar-refractivity contribution < 1.29 is 19.8 Å². The summed E-state index contributed by atoms with van der Waals surface area (Å²) in [5, 5.41) is 22.0. The fourth-order valence-corrected chi connectivity index (χ4v) is 5.65. The standard InChI is InChI=1S/C20H32O4/c1-11-8-14-13(18(14,3)4)6-7-19(5,23)10-15-16(21)12(2)9-20(15,24)17(11)22/h11-15,23-24H,6-10H2,1-5H3/t11-,12?,13+,14-,15?,19+,20-/m1/s1. The Morgan fingerprint density at radius 1 is 0.958 bits per heavy atom. The number of fused-ring (bicyclic) bond motifs is 2. The van der Waals surface area contributed by atoms with Crippen molar-refractivity contribution in [3.63, 3.8) is 0 Å². The van der Waals surface area contributed by atoms with Crippen LogP contribution in [0.5, 0.6) is 0 Å². The molecule has 0 saturated heterocycles. The summed E-state index contributed by atoms with van der Waals surface area (Å²) < 4.78 is 0. The third-order valence-corrected chi connectivity index (χ3v) is 7.43. The van der Waals surface area contributed by atoms with E-state index in [4.69, 9.17) is 0 Å². The van der Waals surface area contributed by atoms with Gasteiger partial charge in [-0.1, -0.05) is 27.7 Å². The highest BCUT2D eigenvalue weighted by Crippen LogP contribution is 2.64. The molecule has 0 aliphatic heterocycles. The van der Waals surface area contributed by atoms with Crippen molar-refractivity contribution in [3.05, 3.63) is 0 Å². The highest BCUT2D eigenvalue weighted by molar-refractivity contribution is 5.99. The second-order valence-electron chi connectivity index (χ2n) is 9.76. The number of carbonyl (C=O) groups excluding carboxylic acids is 2. The number of rotatable bonds is 0. The molecule has 0 aromatic carbocycles. The molecule has 0 bridgehead atoms. The summed E-state index contributed by atoms with van der Waals surface area (Å²) in [6.07, 6.45) is 2.70. The van der Waals surface area contributed by atoms with Crippen LogP contribution in [-0.4, -0.2) is 33.0 Å².